The minimum Gasteiger partial charge on any atom is -0.506 e. The van der Waals surface area contributed by atoms with Gasteiger partial charge in [-0.1, -0.05) is 57.3 Å². The molecule has 0 aliphatic carbocycles. The Morgan fingerprint density at radius 1 is 1.25 bits per heavy atom. The number of aromatic hydroxyl groups is 1. The van der Waals surface area contributed by atoms with Gasteiger partial charge in [0.2, 0.25) is 0 Å². The highest BCUT2D eigenvalue weighted by Crippen LogP contribution is 2.31. The maximum Gasteiger partial charge on any atom is 0.138 e. The van der Waals surface area contributed by atoms with Crippen LogP contribution in [0.15, 0.2) is 40.9 Å². The Kier molecular flexibility index (Phi) is 5.33. The molecule has 106 valence electrons. The molecule has 0 bridgehead atoms. The Bertz CT molecular complexity index is 619. The first kappa shape index (κ1) is 15.6. The van der Waals surface area contributed by atoms with Crippen LogP contribution in [-0.4, -0.2) is 5.11 Å². The molecule has 2 nitrogen and oxygen atoms in total. The van der Waals surface area contributed by atoms with Crippen LogP contribution in [0, 0.1) is 0 Å². The van der Waals surface area contributed by atoms with Gasteiger partial charge in [-0.25, -0.2) is 0 Å². The predicted octanol–water partition coefficient (Wildman–Crippen LogP) is 5.31. The van der Waals surface area contributed by atoms with Crippen LogP contribution in [-0.2, 0) is 6.54 Å². The minimum absolute atomic E-state index is 0.0721. The Hall–Kier alpha value is -0.740. The molecule has 1 atom stereocenters. The topological polar surface area (TPSA) is 32.3 Å². The van der Waals surface area contributed by atoms with Crippen LogP contribution in [0.1, 0.15) is 24.1 Å². The third-order valence-electron chi connectivity index (χ3n) is 3.08. The van der Waals surface area contributed by atoms with Crippen molar-refractivity contribution < 1.29 is 5.11 Å². The number of phenolic OH excluding ortho intramolecular Hbond substituents is 1. The largest absolute Gasteiger partial charge is 0.506 e. The molecule has 2 aromatic carbocycles. The summed E-state index contributed by atoms with van der Waals surface area (Å²) < 4.78 is 1.05. The Labute approximate surface area is 136 Å². The summed E-state index contributed by atoms with van der Waals surface area (Å²) in [5.74, 6) is 0.0721. The van der Waals surface area contributed by atoms with Crippen molar-refractivity contribution in [3.63, 3.8) is 0 Å². The van der Waals surface area contributed by atoms with Crippen LogP contribution in [0.4, 0.5) is 0 Å². The molecular weight excluding hydrogens is 361 g/mol. The number of nitrogens with one attached hydrogen (secondary N) is 1. The Morgan fingerprint density at radius 3 is 2.65 bits per heavy atom. The number of halogens is 3. The molecule has 0 aliphatic heterocycles. The zero-order valence-corrected chi connectivity index (χ0v) is 13.9. The average molecular weight is 375 g/mol. The quantitative estimate of drug-likeness (QED) is 0.759. The van der Waals surface area contributed by atoms with Crippen molar-refractivity contribution in [3.8, 4) is 5.75 Å². The van der Waals surface area contributed by atoms with E-state index in [4.69, 9.17) is 23.2 Å². The maximum atomic E-state index is 9.92. The van der Waals surface area contributed by atoms with Gasteiger partial charge in [-0.3, -0.25) is 0 Å². The van der Waals surface area contributed by atoms with Crippen LogP contribution < -0.4 is 5.32 Å². The summed E-state index contributed by atoms with van der Waals surface area (Å²) >= 11 is 15.4. The van der Waals surface area contributed by atoms with Gasteiger partial charge >= 0.3 is 0 Å². The lowest BCUT2D eigenvalue weighted by Crippen LogP contribution is -2.18. The second-order valence-corrected chi connectivity index (χ2v) is 6.22. The van der Waals surface area contributed by atoms with Crippen LogP contribution in [0.25, 0.3) is 0 Å². The van der Waals surface area contributed by atoms with E-state index in [1.807, 2.05) is 24.3 Å². The van der Waals surface area contributed by atoms with Crippen molar-refractivity contribution in [2.24, 2.45) is 0 Å². The number of phenols is 1. The zero-order chi connectivity index (χ0) is 14.7. The highest BCUT2D eigenvalue weighted by atomic mass is 79.9. The van der Waals surface area contributed by atoms with Gasteiger partial charge in [-0.2, -0.15) is 0 Å². The van der Waals surface area contributed by atoms with Crippen LogP contribution in [0.5, 0.6) is 5.75 Å². The van der Waals surface area contributed by atoms with E-state index < -0.39 is 0 Å². The first-order valence-electron chi connectivity index (χ1n) is 6.13. The Balaban J connectivity index is 2.11. The highest BCUT2D eigenvalue weighted by Gasteiger charge is 2.11. The second-order valence-electron chi connectivity index (χ2n) is 4.52. The second kappa shape index (κ2) is 6.81. The third kappa shape index (κ3) is 3.67. The molecule has 2 aromatic rings. The van der Waals surface area contributed by atoms with E-state index in [2.05, 4.69) is 28.2 Å². The molecule has 2 rings (SSSR count). The summed E-state index contributed by atoms with van der Waals surface area (Å²) in [4.78, 5) is 0. The third-order valence-corrected chi connectivity index (χ3v) is 4.31. The van der Waals surface area contributed by atoms with E-state index in [0.717, 1.165) is 10.0 Å². The molecule has 0 saturated carbocycles. The first-order chi connectivity index (χ1) is 9.49. The van der Waals surface area contributed by atoms with Gasteiger partial charge in [0.1, 0.15) is 5.75 Å². The SMILES string of the molecule is CC(NCc1cc(Cl)cc(Cl)c1O)c1ccccc1Br. The van der Waals surface area contributed by atoms with E-state index >= 15 is 0 Å². The van der Waals surface area contributed by atoms with Crippen molar-refractivity contribution in [2.75, 3.05) is 0 Å². The van der Waals surface area contributed by atoms with Crippen LogP contribution >= 0.6 is 39.1 Å². The van der Waals surface area contributed by atoms with Crippen molar-refractivity contribution in [1.82, 2.24) is 5.32 Å². The molecule has 2 N–H and O–H groups in total. The van der Waals surface area contributed by atoms with Gasteiger partial charge in [0.15, 0.2) is 0 Å². The molecule has 1 unspecified atom stereocenters. The van der Waals surface area contributed by atoms with E-state index in [-0.39, 0.29) is 16.8 Å². The fourth-order valence-corrected chi connectivity index (χ4v) is 3.12. The number of rotatable bonds is 4. The lowest BCUT2D eigenvalue weighted by Gasteiger charge is -2.16. The molecule has 0 amide bonds. The highest BCUT2D eigenvalue weighted by molar-refractivity contribution is 9.10. The molecule has 0 aromatic heterocycles. The fraction of sp³-hybridized carbons (Fsp3) is 0.200. The monoisotopic (exact) mass is 373 g/mol. The molecule has 5 heteroatoms. The van der Waals surface area contributed by atoms with Crippen molar-refractivity contribution in [1.29, 1.82) is 0 Å². The normalized spacial score (nSPS) is 12.4. The van der Waals surface area contributed by atoms with E-state index in [9.17, 15) is 5.11 Å². The van der Waals surface area contributed by atoms with Gasteiger partial charge in [0, 0.05) is 27.6 Å². The number of hydrogen-bond acceptors (Lipinski definition) is 2. The van der Waals surface area contributed by atoms with Crippen LogP contribution in [0.3, 0.4) is 0 Å². The van der Waals surface area contributed by atoms with Crippen molar-refractivity contribution in [3.05, 3.63) is 62.0 Å². The van der Waals surface area contributed by atoms with Gasteiger partial charge in [0.05, 0.1) is 5.02 Å². The summed E-state index contributed by atoms with van der Waals surface area (Å²) in [5, 5.41) is 14.0. The minimum atomic E-state index is 0.0721. The lowest BCUT2D eigenvalue weighted by atomic mass is 10.1. The summed E-state index contributed by atoms with van der Waals surface area (Å²) in [5.41, 5.74) is 1.83. The zero-order valence-electron chi connectivity index (χ0n) is 10.8. The van der Waals surface area contributed by atoms with Gasteiger partial charge in [-0.05, 0) is 30.7 Å². The molecule has 0 heterocycles. The van der Waals surface area contributed by atoms with Crippen molar-refractivity contribution in [2.45, 2.75) is 19.5 Å². The summed E-state index contributed by atoms with van der Waals surface area (Å²) in [6.45, 7) is 2.54. The summed E-state index contributed by atoms with van der Waals surface area (Å²) in [6.07, 6.45) is 0. The summed E-state index contributed by atoms with van der Waals surface area (Å²) in [7, 11) is 0. The first-order valence-corrected chi connectivity index (χ1v) is 7.68. The molecule has 0 spiro atoms. The number of hydrogen-bond donors (Lipinski definition) is 2. The van der Waals surface area contributed by atoms with E-state index in [0.29, 0.717) is 17.1 Å². The molecule has 0 saturated heterocycles. The smallest absolute Gasteiger partial charge is 0.138 e. The lowest BCUT2D eigenvalue weighted by molar-refractivity contribution is 0.460. The standard InChI is InChI=1S/C15H14BrCl2NO/c1-9(12-4-2-3-5-13(12)16)19-8-10-6-11(17)7-14(18)15(10)20/h2-7,9,19-20H,8H2,1H3. The van der Waals surface area contributed by atoms with Crippen LogP contribution in [0.2, 0.25) is 10.0 Å². The fourth-order valence-electron chi connectivity index (χ4n) is 1.95. The van der Waals surface area contributed by atoms with Crippen molar-refractivity contribution >= 4 is 39.1 Å². The predicted molar refractivity (Wildman–Crippen MR) is 87.5 cm³/mol. The van der Waals surface area contributed by atoms with Gasteiger partial charge in [-0.15, -0.1) is 0 Å². The van der Waals surface area contributed by atoms with Gasteiger partial charge in [0.25, 0.3) is 0 Å². The van der Waals surface area contributed by atoms with Gasteiger partial charge < -0.3 is 10.4 Å². The Morgan fingerprint density at radius 2 is 1.95 bits per heavy atom. The molecule has 0 aliphatic rings. The maximum absolute atomic E-state index is 9.92. The molecule has 0 radical (unpaired) electrons. The summed E-state index contributed by atoms with van der Waals surface area (Å²) in [6, 6.07) is 11.4. The average Bonchev–Trinajstić information content (AvgIpc) is 2.41. The molecular formula is C15H14BrCl2NO. The van der Waals surface area contributed by atoms with E-state index in [1.54, 1.807) is 6.07 Å². The molecule has 20 heavy (non-hydrogen) atoms. The van der Waals surface area contributed by atoms with E-state index in [1.165, 1.54) is 6.07 Å². The number of benzene rings is 2. The molecule has 0 fully saturated rings.